The Bertz CT molecular complexity index is 2100. The molecule has 3 aliphatic heterocycles. The Hall–Kier alpha value is -5.46. The lowest BCUT2D eigenvalue weighted by Gasteiger charge is -2.55. The van der Waals surface area contributed by atoms with E-state index in [1.165, 1.54) is 0 Å². The number of piperazine rings is 2. The van der Waals surface area contributed by atoms with E-state index in [4.69, 9.17) is 0 Å². The minimum atomic E-state index is -0.891. The average Bonchev–Trinajstić information content (AvgIpc) is 3.53. The number of nitrogens with zero attached hydrogens (tertiary/aromatic N) is 7. The number of phenolic OH excluding ortho intramolecular Hbond substituents is 1. The number of fused-ring (bicyclic) bond motifs is 2. The van der Waals surface area contributed by atoms with Crippen LogP contribution in [0.3, 0.4) is 0 Å². The van der Waals surface area contributed by atoms with Gasteiger partial charge in [0, 0.05) is 76.3 Å². The monoisotopic (exact) mass is 759 g/mol. The highest BCUT2D eigenvalue weighted by Crippen LogP contribution is 2.33. The molecule has 4 aromatic rings. The highest BCUT2D eigenvalue weighted by molar-refractivity contribution is 6.07. The van der Waals surface area contributed by atoms with Crippen LogP contribution >= 0.6 is 0 Å². The largest absolute Gasteiger partial charge is 0.508 e. The van der Waals surface area contributed by atoms with Gasteiger partial charge in [-0.3, -0.25) is 24.1 Å². The van der Waals surface area contributed by atoms with E-state index in [1.54, 1.807) is 50.2 Å². The summed E-state index contributed by atoms with van der Waals surface area (Å²) in [5, 5.41) is 14.2. The van der Waals surface area contributed by atoms with Crippen LogP contribution in [0.2, 0.25) is 0 Å². The van der Waals surface area contributed by atoms with Crippen LogP contribution in [0.4, 0.5) is 0 Å². The third kappa shape index (κ3) is 7.81. The first-order chi connectivity index (χ1) is 26.8. The van der Waals surface area contributed by atoms with Gasteiger partial charge in [-0.15, -0.1) is 6.58 Å². The van der Waals surface area contributed by atoms with Crippen molar-refractivity contribution in [3.63, 3.8) is 0 Å². The molecule has 0 saturated carbocycles. The Labute approximate surface area is 329 Å². The number of carbonyl (C=O) groups excluding carboxylic acids is 4. The number of aromatic nitrogens is 1. The Morgan fingerprint density at radius 1 is 0.911 bits per heavy atom. The minimum Gasteiger partial charge on any atom is -0.508 e. The van der Waals surface area contributed by atoms with Gasteiger partial charge in [0.25, 0.3) is 5.91 Å². The molecule has 7 rings (SSSR count). The first-order valence-corrected chi connectivity index (χ1v) is 19.5. The summed E-state index contributed by atoms with van der Waals surface area (Å²) in [5.74, 6) is -0.514. The number of benzene rings is 3. The lowest BCUT2D eigenvalue weighted by atomic mass is 9.97. The fraction of sp³-hybridized carbons (Fsp3) is 0.409. The molecule has 1 N–H and O–H groups in total. The van der Waals surface area contributed by atoms with Crippen molar-refractivity contribution in [1.82, 2.24) is 34.2 Å². The van der Waals surface area contributed by atoms with Crippen molar-refractivity contribution in [3.8, 4) is 5.75 Å². The average molecular weight is 760 g/mol. The first-order valence-electron chi connectivity index (χ1n) is 19.5. The summed E-state index contributed by atoms with van der Waals surface area (Å²) in [4.78, 5) is 64.8. The maximum Gasteiger partial charge on any atom is 0.256 e. The van der Waals surface area contributed by atoms with Crippen LogP contribution in [0.1, 0.15) is 54.2 Å². The van der Waals surface area contributed by atoms with Crippen molar-refractivity contribution >= 4 is 34.5 Å². The molecule has 0 aliphatic carbocycles. The predicted molar refractivity (Wildman–Crippen MR) is 215 cm³/mol. The van der Waals surface area contributed by atoms with E-state index >= 15 is 0 Å². The standard InChI is InChI=1S/C44H53N7O5/c1-6-21-49-30-40(54)50-37(26-32-15-18-34(52)19-16-32)43(56)47(29-38(50)51(49)39(53)20-17-31-11-8-7-9-12-31)27-33-13-10-14-35-36(28-45(5)41(33)35)42(55)46-22-24-48(25-23-46)44(2,3)4/h6-16,18-19,28,37-38,52H,1,17,20-27,29-30H2,2-5H3/t37-,38-/m0/s1. The Morgan fingerprint density at radius 2 is 1.62 bits per heavy atom. The van der Waals surface area contributed by atoms with E-state index in [0.717, 1.165) is 40.7 Å². The molecule has 12 nitrogen and oxygen atoms in total. The summed E-state index contributed by atoms with van der Waals surface area (Å²) in [6.45, 7) is 13.9. The molecule has 4 amide bonds. The number of carbonyl (C=O) groups is 4. The second-order valence-corrected chi connectivity index (χ2v) is 16.2. The zero-order valence-electron chi connectivity index (χ0n) is 32.9. The van der Waals surface area contributed by atoms with Gasteiger partial charge in [0.2, 0.25) is 17.7 Å². The summed E-state index contributed by atoms with van der Waals surface area (Å²) in [6, 6.07) is 21.4. The third-order valence-electron chi connectivity index (χ3n) is 11.5. The van der Waals surface area contributed by atoms with Crippen molar-refractivity contribution in [2.75, 3.05) is 45.8 Å². The second-order valence-electron chi connectivity index (χ2n) is 16.2. The predicted octanol–water partition coefficient (Wildman–Crippen LogP) is 4.43. The Morgan fingerprint density at radius 3 is 2.30 bits per heavy atom. The van der Waals surface area contributed by atoms with E-state index in [9.17, 15) is 24.3 Å². The van der Waals surface area contributed by atoms with E-state index in [-0.39, 0.29) is 73.9 Å². The van der Waals surface area contributed by atoms with Gasteiger partial charge in [-0.05, 0) is 56.0 Å². The molecule has 3 saturated heterocycles. The summed E-state index contributed by atoms with van der Waals surface area (Å²) < 4.78 is 1.97. The van der Waals surface area contributed by atoms with Crippen LogP contribution in [0.5, 0.6) is 5.75 Å². The zero-order chi connectivity index (χ0) is 39.7. The second kappa shape index (κ2) is 16.0. The van der Waals surface area contributed by atoms with Crippen LogP contribution in [-0.4, -0.2) is 126 Å². The molecule has 4 heterocycles. The van der Waals surface area contributed by atoms with Crippen molar-refractivity contribution in [3.05, 3.63) is 114 Å². The molecule has 1 aromatic heterocycles. The molecule has 56 heavy (non-hydrogen) atoms. The molecule has 0 bridgehead atoms. The highest BCUT2D eigenvalue weighted by Gasteiger charge is 2.51. The summed E-state index contributed by atoms with van der Waals surface area (Å²) in [5.41, 5.74) is 4.20. The number of phenols is 1. The molecule has 0 unspecified atom stereocenters. The molecule has 294 valence electrons. The van der Waals surface area contributed by atoms with E-state index < -0.39 is 12.2 Å². The van der Waals surface area contributed by atoms with Crippen molar-refractivity contribution in [2.45, 2.75) is 64.3 Å². The topological polar surface area (TPSA) is 113 Å². The number of para-hydroxylation sites is 1. The molecule has 0 radical (unpaired) electrons. The number of hydrogen-bond acceptors (Lipinski definition) is 7. The SMILES string of the molecule is C=CCN1CC(=O)N2[C@@H](Cc3ccc(O)cc3)C(=O)N(Cc3cccc4c(C(=O)N5CCN(C(C)(C)C)CC5)cn(C)c34)C[C@@H]2N1C(=O)CCc1ccccc1. The van der Waals surface area contributed by atoms with Gasteiger partial charge in [0.15, 0.2) is 0 Å². The number of hydrogen-bond donors (Lipinski definition) is 1. The number of hydrazine groups is 1. The molecule has 3 fully saturated rings. The molecule has 3 aromatic carbocycles. The smallest absolute Gasteiger partial charge is 0.256 e. The zero-order valence-corrected chi connectivity index (χ0v) is 32.9. The minimum absolute atomic E-state index is 0.00681. The number of rotatable bonds is 10. The normalized spacial score (nSPS) is 19.8. The van der Waals surface area contributed by atoms with Crippen molar-refractivity contribution in [1.29, 1.82) is 0 Å². The van der Waals surface area contributed by atoms with Gasteiger partial charge >= 0.3 is 0 Å². The molecule has 12 heteroatoms. The van der Waals surface area contributed by atoms with Crippen LogP contribution in [0.15, 0.2) is 91.6 Å². The maximum absolute atomic E-state index is 14.7. The molecule has 2 atom stereocenters. The van der Waals surface area contributed by atoms with Crippen LogP contribution in [0, 0.1) is 0 Å². The fourth-order valence-electron chi connectivity index (χ4n) is 8.58. The summed E-state index contributed by atoms with van der Waals surface area (Å²) in [6.07, 6.45) is 3.77. The fourth-order valence-corrected chi connectivity index (χ4v) is 8.58. The third-order valence-corrected chi connectivity index (χ3v) is 11.5. The number of aryl methyl sites for hydroxylation is 2. The summed E-state index contributed by atoms with van der Waals surface area (Å²) in [7, 11) is 1.92. The molecular formula is C44H53N7O5. The van der Waals surface area contributed by atoms with Gasteiger partial charge in [0.05, 0.1) is 24.2 Å². The van der Waals surface area contributed by atoms with Crippen molar-refractivity contribution in [2.24, 2.45) is 7.05 Å². The number of amides is 4. The van der Waals surface area contributed by atoms with Gasteiger partial charge in [-0.2, -0.15) is 0 Å². The van der Waals surface area contributed by atoms with Crippen LogP contribution < -0.4 is 0 Å². The lowest BCUT2D eigenvalue weighted by Crippen LogP contribution is -2.75. The number of aromatic hydroxyl groups is 1. The van der Waals surface area contributed by atoms with Gasteiger partial charge in [-0.1, -0.05) is 66.7 Å². The van der Waals surface area contributed by atoms with Crippen LogP contribution in [-0.2, 0) is 40.8 Å². The lowest BCUT2D eigenvalue weighted by molar-refractivity contribution is -0.205. The van der Waals surface area contributed by atoms with Gasteiger partial charge < -0.3 is 24.4 Å². The quantitative estimate of drug-likeness (QED) is 0.238. The van der Waals surface area contributed by atoms with Gasteiger partial charge in [0.1, 0.15) is 18.0 Å². The molecular weight excluding hydrogens is 707 g/mol. The Kier molecular flexibility index (Phi) is 11.1. The highest BCUT2D eigenvalue weighted by atomic mass is 16.3. The van der Waals surface area contributed by atoms with E-state index in [2.05, 4.69) is 32.3 Å². The molecule has 3 aliphatic rings. The van der Waals surface area contributed by atoms with Crippen molar-refractivity contribution < 1.29 is 24.3 Å². The molecule has 0 spiro atoms. The Balaban J connectivity index is 1.21. The van der Waals surface area contributed by atoms with E-state index in [1.807, 2.05) is 71.2 Å². The van der Waals surface area contributed by atoms with Gasteiger partial charge in [-0.25, -0.2) is 10.0 Å². The van der Waals surface area contributed by atoms with Crippen LogP contribution in [0.25, 0.3) is 10.9 Å². The first kappa shape index (κ1) is 38.8. The van der Waals surface area contributed by atoms with E-state index in [0.29, 0.717) is 25.1 Å². The maximum atomic E-state index is 14.7. The summed E-state index contributed by atoms with van der Waals surface area (Å²) >= 11 is 0.